The molecule has 0 aromatic heterocycles. The van der Waals surface area contributed by atoms with Crippen LogP contribution in [-0.2, 0) is 4.74 Å². The summed E-state index contributed by atoms with van der Waals surface area (Å²) in [6.07, 6.45) is -4.69. The van der Waals surface area contributed by atoms with Crippen molar-refractivity contribution in [2.24, 2.45) is 0 Å². The Morgan fingerprint density at radius 1 is 1.35 bits per heavy atom. The topological polar surface area (TPSA) is 30.5 Å². The second-order valence-electron chi connectivity index (χ2n) is 3.50. The number of halogens is 3. The molecule has 0 radical (unpaired) electrons. The summed E-state index contributed by atoms with van der Waals surface area (Å²) < 4.78 is 44.8. The van der Waals surface area contributed by atoms with E-state index < -0.39 is 6.36 Å². The third kappa shape index (κ3) is 5.44. The van der Waals surface area contributed by atoms with Crippen molar-refractivity contribution in [3.05, 3.63) is 24.3 Å². The summed E-state index contributed by atoms with van der Waals surface area (Å²) in [6.45, 7) is 2.36. The Labute approximate surface area is 97.5 Å². The lowest BCUT2D eigenvalue weighted by atomic mass is 10.3. The molecule has 96 valence electrons. The van der Waals surface area contributed by atoms with Crippen LogP contribution in [0.2, 0.25) is 0 Å². The van der Waals surface area contributed by atoms with Crippen molar-refractivity contribution < 1.29 is 22.6 Å². The normalized spacial score (nSPS) is 13.2. The van der Waals surface area contributed by atoms with Crippen LogP contribution in [0.5, 0.6) is 5.75 Å². The second-order valence-corrected chi connectivity index (χ2v) is 3.50. The predicted octanol–water partition coefficient (Wildman–Crippen LogP) is 3.03. The molecule has 0 heterocycles. The number of benzene rings is 1. The van der Waals surface area contributed by atoms with Crippen molar-refractivity contribution in [3.63, 3.8) is 0 Å². The van der Waals surface area contributed by atoms with E-state index in [9.17, 15) is 13.2 Å². The average Bonchev–Trinajstić information content (AvgIpc) is 2.24. The molecule has 17 heavy (non-hydrogen) atoms. The summed E-state index contributed by atoms with van der Waals surface area (Å²) in [6, 6.07) is 5.68. The maximum Gasteiger partial charge on any atom is 0.573 e. The van der Waals surface area contributed by atoms with Gasteiger partial charge in [0, 0.05) is 25.4 Å². The number of rotatable bonds is 5. The number of hydrogen-bond donors (Lipinski definition) is 1. The SMILES string of the molecule is COC(C)CNc1cccc(OC(F)(F)F)c1. The molecule has 1 aromatic rings. The van der Waals surface area contributed by atoms with Gasteiger partial charge in [0.2, 0.25) is 0 Å². The first-order chi connectivity index (χ1) is 7.90. The summed E-state index contributed by atoms with van der Waals surface area (Å²) in [7, 11) is 1.57. The van der Waals surface area contributed by atoms with Gasteiger partial charge in [0.15, 0.2) is 0 Å². The van der Waals surface area contributed by atoms with E-state index in [0.29, 0.717) is 12.2 Å². The van der Waals surface area contributed by atoms with Gasteiger partial charge in [-0.05, 0) is 19.1 Å². The summed E-state index contributed by atoms with van der Waals surface area (Å²) in [5, 5.41) is 2.95. The molecule has 6 heteroatoms. The van der Waals surface area contributed by atoms with Crippen LogP contribution in [0, 0.1) is 0 Å². The summed E-state index contributed by atoms with van der Waals surface area (Å²) >= 11 is 0. The molecule has 0 bridgehead atoms. The molecule has 0 aliphatic rings. The number of ether oxygens (including phenoxy) is 2. The van der Waals surface area contributed by atoms with E-state index in [4.69, 9.17) is 4.74 Å². The second kappa shape index (κ2) is 5.77. The van der Waals surface area contributed by atoms with Crippen molar-refractivity contribution in [3.8, 4) is 5.75 Å². The van der Waals surface area contributed by atoms with Gasteiger partial charge < -0.3 is 14.8 Å². The maximum atomic E-state index is 12.0. The van der Waals surface area contributed by atoms with E-state index in [1.54, 1.807) is 13.2 Å². The molecule has 0 saturated heterocycles. The molecule has 0 saturated carbocycles. The average molecular weight is 249 g/mol. The Morgan fingerprint density at radius 3 is 2.65 bits per heavy atom. The minimum Gasteiger partial charge on any atom is -0.406 e. The monoisotopic (exact) mass is 249 g/mol. The predicted molar refractivity (Wildman–Crippen MR) is 58.1 cm³/mol. The van der Waals surface area contributed by atoms with Gasteiger partial charge >= 0.3 is 6.36 Å². The lowest BCUT2D eigenvalue weighted by molar-refractivity contribution is -0.274. The lowest BCUT2D eigenvalue weighted by Crippen LogP contribution is -2.19. The van der Waals surface area contributed by atoms with Gasteiger partial charge in [-0.25, -0.2) is 0 Å². The third-order valence-electron chi connectivity index (χ3n) is 2.06. The highest BCUT2D eigenvalue weighted by Gasteiger charge is 2.31. The first-order valence-corrected chi connectivity index (χ1v) is 5.03. The van der Waals surface area contributed by atoms with Crippen LogP contribution < -0.4 is 10.1 Å². The van der Waals surface area contributed by atoms with Gasteiger partial charge in [-0.2, -0.15) is 0 Å². The van der Waals surface area contributed by atoms with E-state index in [2.05, 4.69) is 10.1 Å². The van der Waals surface area contributed by atoms with Crippen LogP contribution in [-0.4, -0.2) is 26.1 Å². The molecule has 1 unspecified atom stereocenters. The quantitative estimate of drug-likeness (QED) is 0.870. The van der Waals surface area contributed by atoms with E-state index >= 15 is 0 Å². The molecular weight excluding hydrogens is 235 g/mol. The Balaban J connectivity index is 2.60. The molecule has 0 spiro atoms. The van der Waals surface area contributed by atoms with Crippen LogP contribution in [0.25, 0.3) is 0 Å². The first-order valence-electron chi connectivity index (χ1n) is 5.03. The van der Waals surface area contributed by atoms with E-state index in [0.717, 1.165) is 0 Å². The Kier molecular flexibility index (Phi) is 4.62. The molecule has 0 fully saturated rings. The van der Waals surface area contributed by atoms with Gasteiger partial charge in [-0.3, -0.25) is 0 Å². The van der Waals surface area contributed by atoms with Crippen molar-refractivity contribution in [1.29, 1.82) is 0 Å². The minimum atomic E-state index is -4.67. The highest BCUT2D eigenvalue weighted by molar-refractivity contribution is 5.48. The highest BCUT2D eigenvalue weighted by Crippen LogP contribution is 2.24. The van der Waals surface area contributed by atoms with Crippen LogP contribution in [0.1, 0.15) is 6.92 Å². The zero-order valence-corrected chi connectivity index (χ0v) is 9.54. The molecule has 1 rings (SSSR count). The number of anilines is 1. The molecule has 0 aliphatic heterocycles. The van der Waals surface area contributed by atoms with Crippen LogP contribution in [0.15, 0.2) is 24.3 Å². The zero-order chi connectivity index (χ0) is 12.9. The van der Waals surface area contributed by atoms with Crippen molar-refractivity contribution in [2.75, 3.05) is 19.0 Å². The number of alkyl halides is 3. The zero-order valence-electron chi connectivity index (χ0n) is 9.54. The lowest BCUT2D eigenvalue weighted by Gasteiger charge is -2.13. The van der Waals surface area contributed by atoms with Crippen molar-refractivity contribution in [2.45, 2.75) is 19.4 Å². The van der Waals surface area contributed by atoms with Gasteiger partial charge in [0.05, 0.1) is 6.10 Å². The first kappa shape index (κ1) is 13.6. The highest BCUT2D eigenvalue weighted by atomic mass is 19.4. The number of hydrogen-bond acceptors (Lipinski definition) is 3. The Hall–Kier alpha value is -1.43. The van der Waals surface area contributed by atoms with Crippen molar-refractivity contribution in [1.82, 2.24) is 0 Å². The molecule has 1 atom stereocenters. The van der Waals surface area contributed by atoms with E-state index in [1.165, 1.54) is 18.2 Å². The Bertz CT molecular complexity index is 355. The smallest absolute Gasteiger partial charge is 0.406 e. The summed E-state index contributed by atoms with van der Waals surface area (Å²) in [5.41, 5.74) is 0.552. The van der Waals surface area contributed by atoms with Crippen LogP contribution in [0.3, 0.4) is 0 Å². The fourth-order valence-electron chi connectivity index (χ4n) is 1.15. The standard InChI is InChI=1S/C11H14F3NO2/c1-8(16-2)7-15-9-4-3-5-10(6-9)17-11(12,13)14/h3-6,8,15H,7H2,1-2H3. The third-order valence-corrected chi connectivity index (χ3v) is 2.06. The molecule has 0 amide bonds. The van der Waals surface area contributed by atoms with Crippen molar-refractivity contribution >= 4 is 5.69 Å². The molecule has 3 nitrogen and oxygen atoms in total. The van der Waals surface area contributed by atoms with Gasteiger partial charge in [0.1, 0.15) is 5.75 Å². The molecule has 1 N–H and O–H groups in total. The molecule has 0 aliphatic carbocycles. The number of methoxy groups -OCH3 is 1. The van der Waals surface area contributed by atoms with Gasteiger partial charge in [-0.1, -0.05) is 6.07 Å². The van der Waals surface area contributed by atoms with Crippen LogP contribution in [0.4, 0.5) is 18.9 Å². The van der Waals surface area contributed by atoms with E-state index in [1.807, 2.05) is 6.92 Å². The van der Waals surface area contributed by atoms with Crippen LogP contribution >= 0.6 is 0 Å². The summed E-state index contributed by atoms with van der Waals surface area (Å²) in [5.74, 6) is -0.243. The summed E-state index contributed by atoms with van der Waals surface area (Å²) in [4.78, 5) is 0. The number of nitrogens with one attached hydrogen (secondary N) is 1. The minimum absolute atomic E-state index is 0.0257. The largest absolute Gasteiger partial charge is 0.573 e. The molecular formula is C11H14F3NO2. The van der Waals surface area contributed by atoms with Gasteiger partial charge in [-0.15, -0.1) is 13.2 Å². The fourth-order valence-corrected chi connectivity index (χ4v) is 1.15. The molecule has 1 aromatic carbocycles. The Morgan fingerprint density at radius 2 is 2.06 bits per heavy atom. The van der Waals surface area contributed by atoms with Gasteiger partial charge in [0.25, 0.3) is 0 Å². The fraction of sp³-hybridized carbons (Fsp3) is 0.455. The maximum absolute atomic E-state index is 12.0. The van der Waals surface area contributed by atoms with E-state index in [-0.39, 0.29) is 11.9 Å².